The van der Waals surface area contributed by atoms with Crippen LogP contribution in [0.3, 0.4) is 0 Å². The van der Waals surface area contributed by atoms with Gasteiger partial charge in [0.05, 0.1) is 34.4 Å². The maximum absolute atomic E-state index is 12.7. The highest BCUT2D eigenvalue weighted by Crippen LogP contribution is 2.15. The average molecular weight is 803 g/mol. The molecule has 8 nitrogen and oxygen atoms in total. The van der Waals surface area contributed by atoms with Crippen molar-refractivity contribution in [1.29, 1.82) is 0 Å². The summed E-state index contributed by atoms with van der Waals surface area (Å²) in [5.41, 5.74) is 0. The molecule has 0 rings (SSSR count). The molecule has 0 aliphatic heterocycles. The molecule has 0 heterocycles. The number of likely N-dealkylation sites (N-methyl/N-ethyl adjacent to an activating group) is 1. The Morgan fingerprint density at radius 3 is 1.46 bits per heavy atom. The van der Waals surface area contributed by atoms with E-state index in [4.69, 9.17) is 14.2 Å². The zero-order chi connectivity index (χ0) is 42.1. The molecular weight excluding hydrogens is 715 g/mol. The van der Waals surface area contributed by atoms with E-state index in [9.17, 15) is 19.5 Å². The lowest BCUT2D eigenvalue weighted by molar-refractivity contribution is -0.887. The van der Waals surface area contributed by atoms with Crippen LogP contribution in [0.5, 0.6) is 0 Å². The zero-order valence-corrected chi connectivity index (χ0v) is 37.5. The third-order valence-electron chi connectivity index (χ3n) is 10.2. The SMILES string of the molecule is CC/C=C\C/C=C\C/C=C\C/C=C\CCCCCCCCCCC(=O)OC(COCCC(C(=O)O)[N+](C)(C)C)COC(=O)CCCCCCCCCCCCCC. The third-order valence-corrected chi connectivity index (χ3v) is 10.2. The Balaban J connectivity index is 4.29. The van der Waals surface area contributed by atoms with Crippen LogP contribution in [0.4, 0.5) is 0 Å². The Labute approximate surface area is 350 Å². The number of carbonyl (C=O) groups is 3. The van der Waals surface area contributed by atoms with Crippen molar-refractivity contribution in [3.8, 4) is 0 Å². The van der Waals surface area contributed by atoms with Gasteiger partial charge in [-0.25, -0.2) is 4.79 Å². The number of quaternary nitrogens is 1. The minimum Gasteiger partial charge on any atom is -0.477 e. The van der Waals surface area contributed by atoms with E-state index in [1.165, 1.54) is 89.9 Å². The Morgan fingerprint density at radius 2 is 0.982 bits per heavy atom. The minimum atomic E-state index is -0.876. The maximum Gasteiger partial charge on any atom is 0.362 e. The number of hydrogen-bond acceptors (Lipinski definition) is 6. The number of carbonyl (C=O) groups excluding carboxylic acids is 2. The van der Waals surface area contributed by atoms with Gasteiger partial charge in [0.1, 0.15) is 6.61 Å². The lowest BCUT2D eigenvalue weighted by Gasteiger charge is -2.31. The van der Waals surface area contributed by atoms with Crippen molar-refractivity contribution in [2.75, 3.05) is 41.0 Å². The van der Waals surface area contributed by atoms with Crippen LogP contribution in [-0.4, -0.2) is 80.6 Å². The predicted molar refractivity (Wildman–Crippen MR) is 238 cm³/mol. The number of rotatable bonds is 41. The Kier molecular flexibility index (Phi) is 38.2. The summed E-state index contributed by atoms with van der Waals surface area (Å²) in [6.45, 7) is 4.62. The van der Waals surface area contributed by atoms with Crippen LogP contribution in [0.1, 0.15) is 194 Å². The predicted octanol–water partition coefficient (Wildman–Crippen LogP) is 12.8. The molecule has 2 unspecified atom stereocenters. The molecule has 0 aliphatic carbocycles. The largest absolute Gasteiger partial charge is 0.477 e. The average Bonchev–Trinajstić information content (AvgIpc) is 3.17. The summed E-state index contributed by atoms with van der Waals surface area (Å²) in [4.78, 5) is 37.0. The highest BCUT2D eigenvalue weighted by molar-refractivity contribution is 5.72. The van der Waals surface area contributed by atoms with Crippen LogP contribution in [0.2, 0.25) is 0 Å². The first-order valence-electron chi connectivity index (χ1n) is 23.2. The minimum absolute atomic E-state index is 0.0528. The molecule has 2 atom stereocenters. The Bertz CT molecular complexity index is 1070. The molecule has 0 fully saturated rings. The van der Waals surface area contributed by atoms with Crippen LogP contribution in [0, 0.1) is 0 Å². The van der Waals surface area contributed by atoms with Crippen LogP contribution < -0.4 is 0 Å². The quantitative estimate of drug-likeness (QED) is 0.0284. The van der Waals surface area contributed by atoms with Gasteiger partial charge < -0.3 is 23.8 Å². The number of nitrogens with zero attached hydrogens (tertiary/aromatic N) is 1. The fourth-order valence-corrected chi connectivity index (χ4v) is 6.67. The first kappa shape index (κ1) is 54.3. The second-order valence-corrected chi connectivity index (χ2v) is 16.6. The standard InChI is InChI=1S/C49H87NO7/c1-6-8-10-12-14-16-18-20-21-22-23-24-25-26-27-28-30-32-34-36-38-40-48(52)57-45(43-55-42-41-46(49(53)54)50(3,4)5)44-56-47(51)39-37-35-33-31-29-19-17-15-13-11-9-7-2/h8,10,14,16,20-21,23-24,45-46H,6-7,9,11-13,15,17-19,22,25-44H2,1-5H3/p+1/b10-8-,16-14-,21-20-,24-23-. The molecule has 0 aliphatic rings. The van der Waals surface area contributed by atoms with E-state index < -0.39 is 18.1 Å². The highest BCUT2D eigenvalue weighted by atomic mass is 16.6. The second kappa shape index (κ2) is 40.1. The maximum atomic E-state index is 12.7. The lowest BCUT2D eigenvalue weighted by atomic mass is 10.0. The molecule has 0 aromatic carbocycles. The van der Waals surface area contributed by atoms with Crippen molar-refractivity contribution in [2.45, 2.75) is 206 Å². The second-order valence-electron chi connectivity index (χ2n) is 16.6. The molecule has 0 aromatic heterocycles. The number of esters is 2. The molecule has 8 heteroatoms. The van der Waals surface area contributed by atoms with E-state index in [0.29, 0.717) is 19.3 Å². The topological polar surface area (TPSA) is 99.1 Å². The van der Waals surface area contributed by atoms with Crippen LogP contribution in [0.15, 0.2) is 48.6 Å². The van der Waals surface area contributed by atoms with Crippen molar-refractivity contribution in [3.05, 3.63) is 48.6 Å². The van der Waals surface area contributed by atoms with Crippen molar-refractivity contribution in [3.63, 3.8) is 0 Å². The monoisotopic (exact) mass is 803 g/mol. The number of ether oxygens (including phenoxy) is 3. The van der Waals surface area contributed by atoms with Gasteiger partial charge in [0, 0.05) is 19.3 Å². The van der Waals surface area contributed by atoms with Gasteiger partial charge in [-0.05, 0) is 51.4 Å². The fourth-order valence-electron chi connectivity index (χ4n) is 6.67. The molecule has 0 saturated heterocycles. The van der Waals surface area contributed by atoms with Crippen molar-refractivity contribution in [2.24, 2.45) is 0 Å². The molecule has 0 spiro atoms. The van der Waals surface area contributed by atoms with Gasteiger partial charge in [0.2, 0.25) is 0 Å². The van der Waals surface area contributed by atoms with E-state index in [2.05, 4.69) is 62.5 Å². The summed E-state index contributed by atoms with van der Waals surface area (Å²) < 4.78 is 17.3. The third kappa shape index (κ3) is 38.6. The number of unbranched alkanes of at least 4 members (excludes halogenated alkanes) is 19. The Hall–Kier alpha value is -2.71. The van der Waals surface area contributed by atoms with Gasteiger partial charge in [0.15, 0.2) is 12.1 Å². The number of allylic oxidation sites excluding steroid dienone is 8. The molecule has 0 amide bonds. The molecule has 0 radical (unpaired) electrons. The number of hydrogen-bond donors (Lipinski definition) is 1. The van der Waals surface area contributed by atoms with E-state index in [1.807, 2.05) is 21.1 Å². The number of carboxylic acid groups (broad SMARTS) is 1. The molecular formula is C49H88NO7+. The van der Waals surface area contributed by atoms with Crippen molar-refractivity contribution >= 4 is 17.9 Å². The molecule has 0 saturated carbocycles. The normalized spacial score (nSPS) is 13.4. The van der Waals surface area contributed by atoms with E-state index in [1.54, 1.807) is 0 Å². The molecule has 0 bridgehead atoms. The van der Waals surface area contributed by atoms with E-state index in [0.717, 1.165) is 70.6 Å². The van der Waals surface area contributed by atoms with Gasteiger partial charge in [-0.2, -0.15) is 0 Å². The first-order valence-corrected chi connectivity index (χ1v) is 23.2. The molecule has 330 valence electrons. The van der Waals surface area contributed by atoms with Crippen molar-refractivity contribution < 1.29 is 38.2 Å². The molecule has 57 heavy (non-hydrogen) atoms. The summed E-state index contributed by atoms with van der Waals surface area (Å²) >= 11 is 0. The summed E-state index contributed by atoms with van der Waals surface area (Å²) in [7, 11) is 5.53. The number of aliphatic carboxylic acids is 1. The number of carboxylic acids is 1. The zero-order valence-electron chi connectivity index (χ0n) is 37.5. The summed E-state index contributed by atoms with van der Waals surface area (Å²) in [6, 6.07) is -0.615. The summed E-state index contributed by atoms with van der Waals surface area (Å²) in [6.07, 6.45) is 47.2. The smallest absolute Gasteiger partial charge is 0.362 e. The lowest BCUT2D eigenvalue weighted by Crippen LogP contribution is -2.50. The Morgan fingerprint density at radius 1 is 0.544 bits per heavy atom. The van der Waals surface area contributed by atoms with Crippen LogP contribution in [0.25, 0.3) is 0 Å². The summed E-state index contributed by atoms with van der Waals surface area (Å²) in [5.74, 6) is -1.47. The molecule has 1 N–H and O–H groups in total. The van der Waals surface area contributed by atoms with Crippen LogP contribution >= 0.6 is 0 Å². The van der Waals surface area contributed by atoms with Gasteiger partial charge in [-0.3, -0.25) is 9.59 Å². The molecule has 0 aromatic rings. The summed E-state index contributed by atoms with van der Waals surface area (Å²) in [5, 5.41) is 9.62. The van der Waals surface area contributed by atoms with E-state index in [-0.39, 0.29) is 36.2 Å². The first-order chi connectivity index (χ1) is 27.6. The van der Waals surface area contributed by atoms with Gasteiger partial charge in [0.25, 0.3) is 0 Å². The van der Waals surface area contributed by atoms with E-state index >= 15 is 0 Å². The highest BCUT2D eigenvalue weighted by Gasteiger charge is 2.31. The van der Waals surface area contributed by atoms with Gasteiger partial charge >= 0.3 is 17.9 Å². The van der Waals surface area contributed by atoms with Crippen LogP contribution in [-0.2, 0) is 28.6 Å². The van der Waals surface area contributed by atoms with Gasteiger partial charge in [-0.15, -0.1) is 0 Å². The van der Waals surface area contributed by atoms with Crippen molar-refractivity contribution in [1.82, 2.24) is 0 Å². The van der Waals surface area contributed by atoms with Gasteiger partial charge in [-0.1, -0.05) is 172 Å². The fraction of sp³-hybridized carbons (Fsp3) is 0.776.